The minimum Gasteiger partial charge on any atom is -0.345 e. The molecule has 9 heteroatoms. The molecule has 0 aliphatic carbocycles. The molecule has 0 aliphatic rings. The maximum atomic E-state index is 11.5. The number of hydrogen-bond donors (Lipinski definition) is 0. The molecule has 8 nitrogen and oxygen atoms in total. The predicted molar refractivity (Wildman–Crippen MR) is 44.9 cm³/mol. The van der Waals surface area contributed by atoms with Gasteiger partial charge in [0, 0.05) is 10.5 Å². The van der Waals surface area contributed by atoms with E-state index >= 15 is 0 Å². The van der Waals surface area contributed by atoms with Gasteiger partial charge in [-0.2, -0.15) is 0 Å². The van der Waals surface area contributed by atoms with E-state index < -0.39 is 9.84 Å². The Balaban J connectivity index is 2.08. The Labute approximate surface area is 84.2 Å². The number of sulfone groups is 1. The molecule has 0 atom stereocenters. The first-order valence-corrected chi connectivity index (χ1v) is 5.70. The molecule has 0 saturated carbocycles. The summed E-state index contributed by atoms with van der Waals surface area (Å²) in [5.41, 5.74) is 0.512. The third kappa shape index (κ3) is 2.59. The summed E-state index contributed by atoms with van der Waals surface area (Å²) >= 11 is 0. The van der Waals surface area contributed by atoms with Gasteiger partial charge in [-0.15, -0.1) is 10.2 Å². The van der Waals surface area contributed by atoms with Gasteiger partial charge in [0.25, 0.3) is 0 Å². The van der Waals surface area contributed by atoms with Crippen LogP contribution in [0.25, 0.3) is 0 Å². The highest BCUT2D eigenvalue weighted by atomic mass is 32.2. The molecule has 0 saturated heterocycles. The largest absolute Gasteiger partial charge is 0.345 e. The topological polar surface area (TPSA) is 112 Å². The molecule has 0 bridgehead atoms. The molecule has 0 radical (unpaired) electrons. The second-order valence-electron chi connectivity index (χ2n) is 2.82. The van der Waals surface area contributed by atoms with E-state index in [0.717, 1.165) is 0 Å². The molecule has 0 amide bonds. The maximum Gasteiger partial charge on any atom is 0.162 e. The fraction of sp³-hybridized carbons (Fsp3) is 0.333. The lowest BCUT2D eigenvalue weighted by atomic mass is 10.6. The lowest BCUT2D eigenvalue weighted by Crippen LogP contribution is -2.08. The number of rotatable bonds is 4. The number of nitrogens with zero attached hydrogens (tertiary/aromatic N) is 4. The van der Waals surface area contributed by atoms with Crippen LogP contribution in [0.5, 0.6) is 0 Å². The van der Waals surface area contributed by atoms with Crippen LogP contribution < -0.4 is 0 Å². The van der Waals surface area contributed by atoms with Crippen molar-refractivity contribution in [2.45, 2.75) is 11.5 Å². The van der Waals surface area contributed by atoms with Crippen molar-refractivity contribution in [2.24, 2.45) is 0 Å². The third-order valence-corrected chi connectivity index (χ3v) is 3.02. The van der Waals surface area contributed by atoms with E-state index in [2.05, 4.69) is 29.8 Å². The van der Waals surface area contributed by atoms with Gasteiger partial charge in [-0.25, -0.2) is 8.42 Å². The normalized spacial score (nSPS) is 11.7. The second-order valence-corrected chi connectivity index (χ2v) is 4.89. The maximum absolute atomic E-state index is 11.5. The highest BCUT2D eigenvalue weighted by Gasteiger charge is 2.17. The molecule has 80 valence electrons. The first-order chi connectivity index (χ1) is 7.16. The van der Waals surface area contributed by atoms with Gasteiger partial charge in [0.2, 0.25) is 0 Å². The summed E-state index contributed by atoms with van der Waals surface area (Å²) in [6.07, 6.45) is 2.36. The Bertz CT molecular complexity index is 461. The first kappa shape index (κ1) is 9.77. The Kier molecular flexibility index (Phi) is 2.46. The molecule has 0 fully saturated rings. The van der Waals surface area contributed by atoms with Crippen LogP contribution in [0.1, 0.15) is 11.4 Å². The molecule has 2 aromatic heterocycles. The quantitative estimate of drug-likeness (QED) is 0.695. The molecule has 0 aromatic carbocycles. The molecule has 0 unspecified atom stereocenters. The molecular formula is C6H6N4O4S. The van der Waals surface area contributed by atoms with Crippen LogP contribution in [-0.4, -0.2) is 29.2 Å². The zero-order valence-corrected chi connectivity index (χ0v) is 8.22. The van der Waals surface area contributed by atoms with Gasteiger partial charge < -0.3 is 9.05 Å². The molecule has 0 spiro atoms. The Morgan fingerprint density at radius 2 is 1.47 bits per heavy atom. The average Bonchev–Trinajstić information content (AvgIpc) is 2.75. The highest BCUT2D eigenvalue weighted by Crippen LogP contribution is 2.08. The van der Waals surface area contributed by atoms with E-state index in [0.29, 0.717) is 0 Å². The lowest BCUT2D eigenvalue weighted by molar-refractivity contribution is 0.392. The van der Waals surface area contributed by atoms with Crippen molar-refractivity contribution >= 4 is 9.84 Å². The summed E-state index contributed by atoms with van der Waals surface area (Å²) in [6.45, 7) is 0. The van der Waals surface area contributed by atoms with Gasteiger partial charge in [0.15, 0.2) is 9.84 Å². The van der Waals surface area contributed by atoms with Crippen LogP contribution in [0.4, 0.5) is 0 Å². The Morgan fingerprint density at radius 3 is 1.80 bits per heavy atom. The zero-order valence-electron chi connectivity index (χ0n) is 7.40. The van der Waals surface area contributed by atoms with E-state index in [1.807, 2.05) is 0 Å². The second kappa shape index (κ2) is 3.77. The average molecular weight is 230 g/mol. The number of aromatic nitrogens is 4. The van der Waals surface area contributed by atoms with Gasteiger partial charge in [-0.1, -0.05) is 0 Å². The standard InChI is InChI=1S/C6H6N4O4S/c11-15(12,3-5-1-13-9-7-5)4-6-2-14-10-8-6/h1-2H,3-4H2. The summed E-state index contributed by atoms with van der Waals surface area (Å²) in [7, 11) is -3.35. The van der Waals surface area contributed by atoms with Crippen molar-refractivity contribution in [3.05, 3.63) is 23.9 Å². The van der Waals surface area contributed by atoms with E-state index in [1.165, 1.54) is 12.5 Å². The van der Waals surface area contributed by atoms with E-state index in [4.69, 9.17) is 0 Å². The van der Waals surface area contributed by atoms with Gasteiger partial charge in [-0.3, -0.25) is 0 Å². The molecule has 15 heavy (non-hydrogen) atoms. The van der Waals surface area contributed by atoms with Crippen LogP contribution in [0, 0.1) is 0 Å². The van der Waals surface area contributed by atoms with E-state index in [9.17, 15) is 8.42 Å². The summed E-state index contributed by atoms with van der Waals surface area (Å²) in [6, 6.07) is 0. The summed E-state index contributed by atoms with van der Waals surface area (Å²) < 4.78 is 31.9. The molecule has 0 aliphatic heterocycles. The van der Waals surface area contributed by atoms with E-state index in [1.54, 1.807) is 0 Å². The van der Waals surface area contributed by atoms with Crippen molar-refractivity contribution in [3.8, 4) is 0 Å². The molecule has 2 heterocycles. The van der Waals surface area contributed by atoms with Gasteiger partial charge in [0.05, 0.1) is 11.5 Å². The predicted octanol–water partition coefficient (Wildman–Crippen LogP) is -0.432. The van der Waals surface area contributed by atoms with E-state index in [-0.39, 0.29) is 22.9 Å². The van der Waals surface area contributed by atoms with Gasteiger partial charge >= 0.3 is 0 Å². The highest BCUT2D eigenvalue weighted by molar-refractivity contribution is 7.89. The Morgan fingerprint density at radius 1 is 1.00 bits per heavy atom. The van der Waals surface area contributed by atoms with Crippen molar-refractivity contribution < 1.29 is 17.5 Å². The van der Waals surface area contributed by atoms with Crippen LogP contribution in [-0.2, 0) is 21.3 Å². The smallest absolute Gasteiger partial charge is 0.162 e. The number of hydrogen-bond acceptors (Lipinski definition) is 8. The lowest BCUT2D eigenvalue weighted by Gasteiger charge is -1.96. The van der Waals surface area contributed by atoms with Crippen LogP contribution >= 0.6 is 0 Å². The zero-order chi connectivity index (χ0) is 10.7. The summed E-state index contributed by atoms with van der Waals surface area (Å²) in [5.74, 6) is -0.493. The summed E-state index contributed by atoms with van der Waals surface area (Å²) in [4.78, 5) is 0. The van der Waals surface area contributed by atoms with Crippen LogP contribution in [0.3, 0.4) is 0 Å². The SMILES string of the molecule is O=S(=O)(Cc1conn1)Cc1conn1. The minimum atomic E-state index is -3.35. The van der Waals surface area contributed by atoms with Gasteiger partial charge in [0.1, 0.15) is 23.9 Å². The molecule has 0 N–H and O–H groups in total. The van der Waals surface area contributed by atoms with Crippen molar-refractivity contribution in [1.29, 1.82) is 0 Å². The fourth-order valence-corrected chi connectivity index (χ4v) is 2.25. The van der Waals surface area contributed by atoms with Crippen molar-refractivity contribution in [2.75, 3.05) is 0 Å². The van der Waals surface area contributed by atoms with Crippen molar-refractivity contribution in [3.63, 3.8) is 0 Å². The molecular weight excluding hydrogens is 224 g/mol. The van der Waals surface area contributed by atoms with Crippen LogP contribution in [0.2, 0.25) is 0 Å². The monoisotopic (exact) mass is 230 g/mol. The van der Waals surface area contributed by atoms with Crippen molar-refractivity contribution in [1.82, 2.24) is 20.7 Å². The fourth-order valence-electron chi connectivity index (χ4n) is 0.995. The molecule has 2 aromatic rings. The summed E-state index contributed by atoms with van der Waals surface area (Å²) in [5, 5.41) is 13.3. The Hall–Kier alpha value is -1.77. The minimum absolute atomic E-state index is 0.247. The van der Waals surface area contributed by atoms with Crippen LogP contribution in [0.15, 0.2) is 21.6 Å². The molecule has 2 rings (SSSR count). The van der Waals surface area contributed by atoms with Gasteiger partial charge in [-0.05, 0) is 0 Å². The third-order valence-electron chi connectivity index (χ3n) is 1.55. The first-order valence-electron chi connectivity index (χ1n) is 3.88.